The van der Waals surface area contributed by atoms with Gasteiger partial charge >= 0.3 is 6.36 Å². The van der Waals surface area contributed by atoms with Crippen molar-refractivity contribution in [1.82, 2.24) is 10.3 Å². The standard InChI is InChI=1S/C21H14F3N3O2/c22-21(23,24)29-19-10-2-1-6-16(19)13-26-20(28)18-9-4-8-17(27-18)15-7-3-5-14(11-15)12-25/h1-11H,13H2,(H,26,28). The van der Waals surface area contributed by atoms with E-state index >= 15 is 0 Å². The summed E-state index contributed by atoms with van der Waals surface area (Å²) in [5.74, 6) is -0.930. The van der Waals surface area contributed by atoms with Crippen LogP contribution in [0.5, 0.6) is 5.75 Å². The van der Waals surface area contributed by atoms with Crippen molar-refractivity contribution in [2.75, 3.05) is 0 Å². The molecular formula is C21H14F3N3O2. The molecule has 0 bridgehead atoms. The second-order valence-corrected chi connectivity index (χ2v) is 5.94. The normalized spacial score (nSPS) is 10.8. The number of hydrogen-bond donors (Lipinski definition) is 1. The Morgan fingerprint density at radius 1 is 1.07 bits per heavy atom. The number of alkyl halides is 3. The van der Waals surface area contributed by atoms with E-state index in [4.69, 9.17) is 5.26 Å². The van der Waals surface area contributed by atoms with Gasteiger partial charge in [-0.3, -0.25) is 4.79 Å². The molecule has 29 heavy (non-hydrogen) atoms. The zero-order valence-electron chi connectivity index (χ0n) is 14.9. The first-order chi connectivity index (χ1) is 13.9. The van der Waals surface area contributed by atoms with Crippen LogP contribution in [0.3, 0.4) is 0 Å². The summed E-state index contributed by atoms with van der Waals surface area (Å²) < 4.78 is 41.5. The topological polar surface area (TPSA) is 75.0 Å². The summed E-state index contributed by atoms with van der Waals surface area (Å²) in [5.41, 5.74) is 1.90. The lowest BCUT2D eigenvalue weighted by atomic mass is 10.1. The summed E-state index contributed by atoms with van der Waals surface area (Å²) in [5, 5.41) is 11.5. The van der Waals surface area contributed by atoms with Crippen molar-refractivity contribution >= 4 is 5.91 Å². The van der Waals surface area contributed by atoms with E-state index in [-0.39, 0.29) is 23.6 Å². The molecule has 1 aromatic heterocycles. The van der Waals surface area contributed by atoms with Gasteiger partial charge in [0, 0.05) is 17.7 Å². The number of nitrogens with zero attached hydrogens (tertiary/aromatic N) is 2. The Kier molecular flexibility index (Phi) is 5.79. The molecule has 0 saturated heterocycles. The van der Waals surface area contributed by atoms with Crippen molar-refractivity contribution in [3.8, 4) is 23.1 Å². The summed E-state index contributed by atoms with van der Waals surface area (Å²) in [6, 6.07) is 19.2. The van der Waals surface area contributed by atoms with Crippen LogP contribution >= 0.6 is 0 Å². The average molecular weight is 397 g/mol. The van der Waals surface area contributed by atoms with E-state index in [0.29, 0.717) is 16.8 Å². The van der Waals surface area contributed by atoms with E-state index < -0.39 is 12.3 Å². The van der Waals surface area contributed by atoms with E-state index in [9.17, 15) is 18.0 Å². The van der Waals surface area contributed by atoms with E-state index in [1.54, 1.807) is 42.5 Å². The summed E-state index contributed by atoms with van der Waals surface area (Å²) in [6.07, 6.45) is -4.83. The Hall–Kier alpha value is -3.86. The molecule has 2 aromatic carbocycles. The zero-order valence-corrected chi connectivity index (χ0v) is 14.9. The van der Waals surface area contributed by atoms with E-state index in [0.717, 1.165) is 0 Å². The average Bonchev–Trinajstić information content (AvgIpc) is 2.72. The highest BCUT2D eigenvalue weighted by molar-refractivity contribution is 5.92. The number of amides is 1. The second-order valence-electron chi connectivity index (χ2n) is 5.94. The highest BCUT2D eigenvalue weighted by Crippen LogP contribution is 2.26. The fourth-order valence-electron chi connectivity index (χ4n) is 2.61. The molecule has 1 N–H and O–H groups in total. The van der Waals surface area contributed by atoms with E-state index in [1.807, 2.05) is 6.07 Å². The Bertz CT molecular complexity index is 1080. The highest BCUT2D eigenvalue weighted by Gasteiger charge is 2.32. The molecule has 0 spiro atoms. The van der Waals surface area contributed by atoms with Gasteiger partial charge in [-0.1, -0.05) is 36.4 Å². The smallest absolute Gasteiger partial charge is 0.405 e. The van der Waals surface area contributed by atoms with E-state index in [1.165, 1.54) is 24.3 Å². The van der Waals surface area contributed by atoms with Crippen LogP contribution in [0.15, 0.2) is 66.7 Å². The van der Waals surface area contributed by atoms with Gasteiger partial charge in [-0.25, -0.2) is 4.98 Å². The number of ether oxygens (including phenoxy) is 1. The fraction of sp³-hybridized carbons (Fsp3) is 0.0952. The van der Waals surface area contributed by atoms with Gasteiger partial charge in [0.15, 0.2) is 0 Å². The van der Waals surface area contributed by atoms with Crippen molar-refractivity contribution < 1.29 is 22.7 Å². The lowest BCUT2D eigenvalue weighted by Crippen LogP contribution is -2.25. The maximum absolute atomic E-state index is 12.5. The molecule has 1 heterocycles. The number of aromatic nitrogens is 1. The Balaban J connectivity index is 1.75. The molecule has 146 valence electrons. The number of pyridine rings is 1. The van der Waals surface area contributed by atoms with Crippen molar-refractivity contribution in [2.45, 2.75) is 12.9 Å². The lowest BCUT2D eigenvalue weighted by Gasteiger charge is -2.13. The second kappa shape index (κ2) is 8.44. The number of carbonyl (C=O) groups excluding carboxylic acids is 1. The van der Waals surface area contributed by atoms with Crippen LogP contribution in [-0.2, 0) is 6.54 Å². The predicted octanol–water partition coefficient (Wildman–Crippen LogP) is 4.45. The molecule has 3 aromatic rings. The minimum atomic E-state index is -4.83. The molecule has 0 aliphatic carbocycles. The maximum atomic E-state index is 12.5. The minimum Gasteiger partial charge on any atom is -0.405 e. The molecule has 0 atom stereocenters. The Morgan fingerprint density at radius 2 is 1.83 bits per heavy atom. The predicted molar refractivity (Wildman–Crippen MR) is 98.7 cm³/mol. The van der Waals surface area contributed by atoms with Gasteiger partial charge in [0.2, 0.25) is 0 Å². The van der Waals surface area contributed by atoms with Gasteiger partial charge in [-0.05, 0) is 30.3 Å². The van der Waals surface area contributed by atoms with Crippen molar-refractivity contribution in [1.29, 1.82) is 5.26 Å². The van der Waals surface area contributed by atoms with Crippen LogP contribution < -0.4 is 10.1 Å². The first kappa shape index (κ1) is 19.9. The van der Waals surface area contributed by atoms with Crippen LogP contribution in [0, 0.1) is 11.3 Å². The summed E-state index contributed by atoms with van der Waals surface area (Å²) in [7, 11) is 0. The van der Waals surface area contributed by atoms with Crippen LogP contribution in [0.4, 0.5) is 13.2 Å². The minimum absolute atomic E-state index is 0.0964. The molecule has 0 aliphatic rings. The van der Waals surface area contributed by atoms with Crippen molar-refractivity contribution in [2.24, 2.45) is 0 Å². The van der Waals surface area contributed by atoms with Crippen LogP contribution in [0.1, 0.15) is 21.6 Å². The molecule has 0 radical (unpaired) electrons. The molecule has 3 rings (SSSR count). The molecule has 0 unspecified atom stereocenters. The highest BCUT2D eigenvalue weighted by atomic mass is 19.4. The summed E-state index contributed by atoms with van der Waals surface area (Å²) in [6.45, 7) is -0.166. The number of hydrogen-bond acceptors (Lipinski definition) is 4. The molecule has 8 heteroatoms. The largest absolute Gasteiger partial charge is 0.573 e. The molecule has 0 aliphatic heterocycles. The molecule has 0 fully saturated rings. The lowest BCUT2D eigenvalue weighted by molar-refractivity contribution is -0.274. The Morgan fingerprint density at radius 3 is 2.59 bits per heavy atom. The van der Waals surface area contributed by atoms with Gasteiger partial charge < -0.3 is 10.1 Å². The third-order valence-electron chi connectivity index (χ3n) is 3.91. The monoisotopic (exact) mass is 397 g/mol. The summed E-state index contributed by atoms with van der Waals surface area (Å²) in [4.78, 5) is 16.7. The molecule has 0 saturated carbocycles. The molecule has 1 amide bonds. The third-order valence-corrected chi connectivity index (χ3v) is 3.91. The number of para-hydroxylation sites is 1. The number of carbonyl (C=O) groups is 1. The maximum Gasteiger partial charge on any atom is 0.573 e. The van der Waals surface area contributed by atoms with Crippen molar-refractivity contribution in [3.05, 3.63) is 83.6 Å². The number of benzene rings is 2. The Labute approximate surface area is 164 Å². The fourth-order valence-corrected chi connectivity index (χ4v) is 2.61. The summed E-state index contributed by atoms with van der Waals surface area (Å²) >= 11 is 0. The number of halogens is 3. The number of nitriles is 1. The number of nitrogens with one attached hydrogen (secondary N) is 1. The van der Waals surface area contributed by atoms with Gasteiger partial charge in [-0.15, -0.1) is 13.2 Å². The molecular weight excluding hydrogens is 383 g/mol. The first-order valence-electron chi connectivity index (χ1n) is 8.45. The first-order valence-corrected chi connectivity index (χ1v) is 8.45. The van der Waals surface area contributed by atoms with Gasteiger partial charge in [0.05, 0.1) is 17.3 Å². The van der Waals surface area contributed by atoms with Crippen molar-refractivity contribution in [3.63, 3.8) is 0 Å². The van der Waals surface area contributed by atoms with Crippen LogP contribution in [0.2, 0.25) is 0 Å². The zero-order chi connectivity index (χ0) is 20.9. The van der Waals surface area contributed by atoms with Gasteiger partial charge in [0.1, 0.15) is 11.4 Å². The number of rotatable bonds is 5. The van der Waals surface area contributed by atoms with E-state index in [2.05, 4.69) is 15.0 Å². The third kappa shape index (κ3) is 5.32. The molecule has 5 nitrogen and oxygen atoms in total. The van der Waals surface area contributed by atoms with Gasteiger partial charge in [0.25, 0.3) is 5.91 Å². The van der Waals surface area contributed by atoms with Gasteiger partial charge in [-0.2, -0.15) is 5.26 Å². The van der Waals surface area contributed by atoms with Crippen LogP contribution in [-0.4, -0.2) is 17.3 Å². The quantitative estimate of drug-likeness (QED) is 0.690. The van der Waals surface area contributed by atoms with Crippen LogP contribution in [0.25, 0.3) is 11.3 Å². The SMILES string of the molecule is N#Cc1cccc(-c2cccc(C(=O)NCc3ccccc3OC(F)(F)F)n2)c1.